The van der Waals surface area contributed by atoms with Gasteiger partial charge in [-0.15, -0.1) is 0 Å². The largest absolute Gasteiger partial charge is 0.325 e. The highest BCUT2D eigenvalue weighted by molar-refractivity contribution is 7.93. The molecule has 122 valence electrons. The van der Waals surface area contributed by atoms with E-state index in [1.807, 2.05) is 13.8 Å². The normalized spacial score (nSPS) is 18.5. The predicted octanol–water partition coefficient (Wildman–Crippen LogP) is 1.54. The molecule has 0 bridgehead atoms. The molecule has 22 heavy (non-hydrogen) atoms. The summed E-state index contributed by atoms with van der Waals surface area (Å²) < 4.78 is 25.1. The van der Waals surface area contributed by atoms with Gasteiger partial charge in [0.2, 0.25) is 15.9 Å². The molecule has 6 nitrogen and oxygen atoms in total. The lowest BCUT2D eigenvalue weighted by molar-refractivity contribution is -0.117. The van der Waals surface area contributed by atoms with E-state index in [0.29, 0.717) is 36.7 Å². The van der Waals surface area contributed by atoms with E-state index in [9.17, 15) is 13.2 Å². The topological polar surface area (TPSA) is 92.5 Å². The van der Waals surface area contributed by atoms with E-state index >= 15 is 0 Å². The summed E-state index contributed by atoms with van der Waals surface area (Å²) in [4.78, 5) is 11.9. The number of sulfonamides is 1. The third-order valence-electron chi connectivity index (χ3n) is 3.58. The monoisotopic (exact) mass is 325 g/mol. The second kappa shape index (κ2) is 6.66. The van der Waals surface area contributed by atoms with E-state index in [0.717, 1.165) is 0 Å². The van der Waals surface area contributed by atoms with E-state index in [2.05, 4.69) is 5.32 Å². The number of nitrogens with two attached hydrogens (primary N) is 1. The number of benzene rings is 1. The van der Waals surface area contributed by atoms with Crippen molar-refractivity contribution in [3.8, 4) is 0 Å². The van der Waals surface area contributed by atoms with Gasteiger partial charge in [-0.05, 0) is 43.0 Å². The number of hydrogen-bond donors (Lipinski definition) is 2. The van der Waals surface area contributed by atoms with Crippen molar-refractivity contribution in [2.45, 2.75) is 32.7 Å². The summed E-state index contributed by atoms with van der Waals surface area (Å²) in [6, 6.07) is 6.25. The van der Waals surface area contributed by atoms with Crippen LogP contribution in [0.2, 0.25) is 0 Å². The maximum Gasteiger partial charge on any atom is 0.241 e. The number of nitrogens with one attached hydrogen (secondary N) is 1. The lowest BCUT2D eigenvalue weighted by Crippen LogP contribution is -2.36. The van der Waals surface area contributed by atoms with Crippen LogP contribution in [0.4, 0.5) is 11.4 Å². The van der Waals surface area contributed by atoms with Gasteiger partial charge in [0.25, 0.3) is 0 Å². The molecule has 1 aliphatic heterocycles. The van der Waals surface area contributed by atoms with Crippen LogP contribution in [0.3, 0.4) is 0 Å². The molecule has 1 aromatic carbocycles. The molecule has 0 aromatic heterocycles. The minimum atomic E-state index is -3.18. The third-order valence-corrected chi connectivity index (χ3v) is 5.45. The molecule has 1 saturated heterocycles. The van der Waals surface area contributed by atoms with Gasteiger partial charge in [-0.2, -0.15) is 0 Å². The quantitative estimate of drug-likeness (QED) is 0.859. The van der Waals surface area contributed by atoms with Crippen molar-refractivity contribution in [3.05, 3.63) is 24.3 Å². The van der Waals surface area contributed by atoms with Crippen LogP contribution in [0.5, 0.6) is 0 Å². The number of carbonyl (C=O) groups excluding carboxylic acids is 1. The molecule has 1 amide bonds. The van der Waals surface area contributed by atoms with Gasteiger partial charge in [0, 0.05) is 12.2 Å². The second-order valence-corrected chi connectivity index (χ2v) is 8.03. The molecule has 1 fully saturated rings. The van der Waals surface area contributed by atoms with Crippen LogP contribution in [0.1, 0.15) is 26.7 Å². The highest BCUT2D eigenvalue weighted by Crippen LogP contribution is 2.25. The van der Waals surface area contributed by atoms with Gasteiger partial charge in [-0.1, -0.05) is 13.8 Å². The van der Waals surface area contributed by atoms with Crippen LogP contribution in [0, 0.1) is 5.92 Å². The maximum absolute atomic E-state index is 11.9. The summed E-state index contributed by atoms with van der Waals surface area (Å²) in [5, 5.41) is 2.75. The molecule has 7 heteroatoms. The fourth-order valence-electron chi connectivity index (χ4n) is 2.49. The summed E-state index contributed by atoms with van der Waals surface area (Å²) in [5.41, 5.74) is 7.07. The summed E-state index contributed by atoms with van der Waals surface area (Å²) in [6.07, 6.45) is 1.26. The van der Waals surface area contributed by atoms with Crippen molar-refractivity contribution in [2.75, 3.05) is 21.9 Å². The zero-order valence-corrected chi connectivity index (χ0v) is 13.8. The molecule has 1 atom stereocenters. The fraction of sp³-hybridized carbons (Fsp3) is 0.533. The SMILES string of the molecule is CC(C)C[C@H](N)C(=O)Nc1ccc(N2CCCS2(=O)=O)cc1. The second-order valence-electron chi connectivity index (χ2n) is 6.01. The van der Waals surface area contributed by atoms with E-state index in [1.165, 1.54) is 4.31 Å². The summed E-state index contributed by atoms with van der Waals surface area (Å²) in [7, 11) is -3.18. The standard InChI is InChI=1S/C15H23N3O3S/c1-11(2)10-14(16)15(19)17-12-4-6-13(7-5-12)18-8-3-9-22(18,20)21/h4-7,11,14H,3,8-10,16H2,1-2H3,(H,17,19)/t14-/m0/s1. The zero-order chi connectivity index (χ0) is 16.3. The molecular weight excluding hydrogens is 302 g/mol. The Morgan fingerprint density at radius 3 is 2.45 bits per heavy atom. The van der Waals surface area contributed by atoms with Crippen molar-refractivity contribution < 1.29 is 13.2 Å². The number of anilines is 2. The van der Waals surface area contributed by atoms with Gasteiger partial charge in [0.1, 0.15) is 0 Å². The van der Waals surface area contributed by atoms with Gasteiger partial charge >= 0.3 is 0 Å². The molecule has 2 rings (SSSR count). The maximum atomic E-state index is 11.9. The first-order valence-corrected chi connectivity index (χ1v) is 9.07. The number of carbonyl (C=O) groups is 1. The van der Waals surface area contributed by atoms with Crippen LogP contribution in [0.15, 0.2) is 24.3 Å². The van der Waals surface area contributed by atoms with Gasteiger partial charge in [0.15, 0.2) is 0 Å². The molecular formula is C15H23N3O3S. The summed E-state index contributed by atoms with van der Waals surface area (Å²) >= 11 is 0. The Kier molecular flexibility index (Phi) is 5.08. The predicted molar refractivity (Wildman–Crippen MR) is 88.3 cm³/mol. The van der Waals surface area contributed by atoms with Gasteiger partial charge < -0.3 is 11.1 Å². The summed E-state index contributed by atoms with van der Waals surface area (Å²) in [6.45, 7) is 4.53. The molecule has 0 spiro atoms. The molecule has 1 heterocycles. The van der Waals surface area contributed by atoms with Gasteiger partial charge in [-0.25, -0.2) is 8.42 Å². The summed E-state index contributed by atoms with van der Waals surface area (Å²) in [5.74, 6) is 0.314. The van der Waals surface area contributed by atoms with Crippen molar-refractivity contribution >= 4 is 27.3 Å². The number of hydrogen-bond acceptors (Lipinski definition) is 4. The molecule has 1 aromatic rings. The van der Waals surface area contributed by atoms with E-state index in [4.69, 9.17) is 5.73 Å². The van der Waals surface area contributed by atoms with Crippen molar-refractivity contribution in [2.24, 2.45) is 11.7 Å². The van der Waals surface area contributed by atoms with E-state index in [1.54, 1.807) is 24.3 Å². The Labute approximate surface area is 131 Å². The molecule has 1 aliphatic rings. The highest BCUT2D eigenvalue weighted by atomic mass is 32.2. The Balaban J connectivity index is 2.02. The first-order valence-electron chi connectivity index (χ1n) is 7.46. The van der Waals surface area contributed by atoms with Crippen molar-refractivity contribution in [1.29, 1.82) is 0 Å². The lowest BCUT2D eigenvalue weighted by atomic mass is 10.0. The van der Waals surface area contributed by atoms with E-state index < -0.39 is 16.1 Å². The van der Waals surface area contributed by atoms with Crippen molar-refractivity contribution in [3.63, 3.8) is 0 Å². The first-order chi connectivity index (χ1) is 10.3. The Hall–Kier alpha value is -1.60. The van der Waals surface area contributed by atoms with Crippen LogP contribution in [-0.4, -0.2) is 32.7 Å². The fourth-order valence-corrected chi connectivity index (χ4v) is 4.05. The first kappa shape index (κ1) is 16.8. The highest BCUT2D eigenvalue weighted by Gasteiger charge is 2.28. The lowest BCUT2D eigenvalue weighted by Gasteiger charge is -2.18. The van der Waals surface area contributed by atoms with Crippen LogP contribution in [0.25, 0.3) is 0 Å². The number of rotatable bonds is 5. The minimum absolute atomic E-state index is 0.190. The smallest absolute Gasteiger partial charge is 0.241 e. The van der Waals surface area contributed by atoms with Gasteiger partial charge in [0.05, 0.1) is 17.5 Å². The van der Waals surface area contributed by atoms with E-state index in [-0.39, 0.29) is 11.7 Å². The minimum Gasteiger partial charge on any atom is -0.325 e. The molecule has 0 radical (unpaired) electrons. The van der Waals surface area contributed by atoms with Gasteiger partial charge in [-0.3, -0.25) is 9.10 Å². The number of amides is 1. The molecule has 3 N–H and O–H groups in total. The molecule has 0 saturated carbocycles. The third kappa shape index (κ3) is 3.98. The molecule has 0 aliphatic carbocycles. The molecule has 0 unspecified atom stereocenters. The van der Waals surface area contributed by atoms with Crippen LogP contribution < -0.4 is 15.4 Å². The van der Waals surface area contributed by atoms with Crippen LogP contribution >= 0.6 is 0 Å². The average molecular weight is 325 g/mol. The Bertz CT molecular complexity index is 626. The zero-order valence-electron chi connectivity index (χ0n) is 13.0. The Morgan fingerprint density at radius 1 is 1.32 bits per heavy atom. The van der Waals surface area contributed by atoms with Crippen molar-refractivity contribution in [1.82, 2.24) is 0 Å². The number of nitrogens with zero attached hydrogens (tertiary/aromatic N) is 1. The average Bonchev–Trinajstić information content (AvgIpc) is 2.78. The van der Waals surface area contributed by atoms with Crippen LogP contribution in [-0.2, 0) is 14.8 Å². The Morgan fingerprint density at radius 2 is 1.95 bits per heavy atom.